The van der Waals surface area contributed by atoms with Crippen LogP contribution in [0.3, 0.4) is 0 Å². The smallest absolute Gasteiger partial charge is 0.411 e. The molecule has 10 nitrogen and oxygen atoms in total. The summed E-state index contributed by atoms with van der Waals surface area (Å²) in [7, 11) is 1.30. The molecule has 42 heavy (non-hydrogen) atoms. The molecule has 0 saturated carbocycles. The van der Waals surface area contributed by atoms with Gasteiger partial charge in [0, 0.05) is 23.8 Å². The molecule has 3 amide bonds. The second-order valence-electron chi connectivity index (χ2n) is 8.02. The molecule has 0 fully saturated rings. The summed E-state index contributed by atoms with van der Waals surface area (Å²) in [6.07, 6.45) is 3.33. The lowest BCUT2D eigenvalue weighted by molar-refractivity contribution is -0.0980. The van der Waals surface area contributed by atoms with E-state index in [0.29, 0.717) is 28.0 Å². The Kier molecular flexibility index (Phi) is 16.7. The van der Waals surface area contributed by atoms with E-state index < -0.39 is 18.2 Å². The fourth-order valence-corrected chi connectivity index (χ4v) is 3.87. The maximum absolute atomic E-state index is 11.8. The van der Waals surface area contributed by atoms with Gasteiger partial charge in [-0.05, 0) is 54.8 Å². The highest BCUT2D eigenvalue weighted by Crippen LogP contribution is 2.24. The number of benzene rings is 3. The molecule has 12 heteroatoms. The van der Waals surface area contributed by atoms with Gasteiger partial charge < -0.3 is 19.4 Å². The van der Waals surface area contributed by atoms with Crippen LogP contribution in [0.4, 0.5) is 15.3 Å². The third-order valence-electron chi connectivity index (χ3n) is 5.39. The number of amides is 3. The Hall–Kier alpha value is -4.38. The normalized spacial score (nSPS) is 10.2. The summed E-state index contributed by atoms with van der Waals surface area (Å²) in [6.45, 7) is 7.92. The van der Waals surface area contributed by atoms with E-state index in [2.05, 4.69) is 20.4 Å². The highest BCUT2D eigenvalue weighted by Gasteiger charge is 2.21. The largest absolute Gasteiger partial charge is 0.453 e. The van der Waals surface area contributed by atoms with Gasteiger partial charge in [0.05, 0.1) is 23.2 Å². The summed E-state index contributed by atoms with van der Waals surface area (Å²) in [4.78, 5) is 35.5. The number of nitrogens with zero attached hydrogens (tertiary/aromatic N) is 2. The summed E-state index contributed by atoms with van der Waals surface area (Å²) in [5.74, 6) is 0.589. The van der Waals surface area contributed by atoms with Crippen molar-refractivity contribution in [2.24, 2.45) is 0 Å². The van der Waals surface area contributed by atoms with Crippen molar-refractivity contribution in [2.45, 2.75) is 33.2 Å². The number of hydrogen-bond acceptors (Lipinski definition) is 6. The van der Waals surface area contributed by atoms with Gasteiger partial charge in [-0.1, -0.05) is 79.5 Å². The second kappa shape index (κ2) is 19.7. The fourth-order valence-electron chi connectivity index (χ4n) is 3.52. The Bertz CT molecular complexity index is 1350. The molecule has 1 atom stereocenters. The fraction of sp³-hybridized carbons (Fsp3) is 0.200. The number of carbonyl (C=O) groups excluding carboxylic acids is 3. The van der Waals surface area contributed by atoms with Crippen LogP contribution >= 0.6 is 23.2 Å². The third-order valence-corrected chi connectivity index (χ3v) is 6.31. The number of rotatable bonds is 6. The maximum atomic E-state index is 11.8. The number of ether oxygens (including phenoxy) is 1. The molecular weight excluding hydrogens is 581 g/mol. The van der Waals surface area contributed by atoms with Crippen molar-refractivity contribution in [3.8, 4) is 5.69 Å². The van der Waals surface area contributed by atoms with Crippen LogP contribution < -0.4 is 16.1 Å². The van der Waals surface area contributed by atoms with Crippen LogP contribution in [0.5, 0.6) is 0 Å². The lowest BCUT2D eigenvalue weighted by Gasteiger charge is -2.20. The lowest BCUT2D eigenvalue weighted by atomic mass is 10.1. The maximum Gasteiger partial charge on any atom is 0.411 e. The summed E-state index contributed by atoms with van der Waals surface area (Å²) in [5.41, 5.74) is 4.99. The molecule has 0 aliphatic heterocycles. The van der Waals surface area contributed by atoms with E-state index in [1.165, 1.54) is 7.11 Å². The zero-order valence-electron chi connectivity index (χ0n) is 23.8. The Morgan fingerprint density at radius 2 is 1.64 bits per heavy atom. The average molecular weight is 617 g/mol. The van der Waals surface area contributed by atoms with E-state index in [1.54, 1.807) is 36.1 Å². The Morgan fingerprint density at radius 1 is 1.00 bits per heavy atom. The number of hydroxylamine groups is 1. The van der Waals surface area contributed by atoms with E-state index >= 15 is 0 Å². The minimum absolute atomic E-state index is 0.479. The van der Waals surface area contributed by atoms with Crippen LogP contribution in [-0.4, -0.2) is 40.8 Å². The number of imidazole rings is 1. The number of halogens is 2. The van der Waals surface area contributed by atoms with Crippen LogP contribution in [0, 0.1) is 6.92 Å². The monoisotopic (exact) mass is 615 g/mol. The first-order valence-corrected chi connectivity index (χ1v) is 13.5. The molecule has 0 spiro atoms. The molecule has 0 aliphatic rings. The van der Waals surface area contributed by atoms with Crippen molar-refractivity contribution in [1.29, 1.82) is 0 Å². The van der Waals surface area contributed by atoms with Gasteiger partial charge in [-0.2, -0.15) is 0 Å². The average Bonchev–Trinajstić information content (AvgIpc) is 3.52. The van der Waals surface area contributed by atoms with E-state index in [-0.39, 0.29) is 0 Å². The molecular formula is C30H35Cl2N5O5. The number of urea groups is 1. The van der Waals surface area contributed by atoms with Crippen LogP contribution in [0.2, 0.25) is 10.0 Å². The van der Waals surface area contributed by atoms with Crippen LogP contribution in [-0.2, 0) is 16.0 Å². The first kappa shape index (κ1) is 35.6. The predicted molar refractivity (Wildman–Crippen MR) is 166 cm³/mol. The Labute approximate surface area is 255 Å². The number of nitrogens with one attached hydrogen (secondary N) is 3. The van der Waals surface area contributed by atoms with Crippen molar-refractivity contribution >= 4 is 47.8 Å². The Morgan fingerprint density at radius 3 is 2.19 bits per heavy atom. The molecule has 0 bridgehead atoms. The molecule has 1 aromatic heterocycles. The lowest BCUT2D eigenvalue weighted by Crippen LogP contribution is -2.38. The van der Waals surface area contributed by atoms with Crippen LogP contribution in [0.15, 0.2) is 85.2 Å². The number of anilines is 1. The van der Waals surface area contributed by atoms with Crippen molar-refractivity contribution in [1.82, 2.24) is 20.3 Å². The number of carbonyl (C=O) groups is 3. The highest BCUT2D eigenvalue weighted by atomic mass is 35.5. The van der Waals surface area contributed by atoms with Gasteiger partial charge in [0.15, 0.2) is 0 Å². The summed E-state index contributed by atoms with van der Waals surface area (Å²) >= 11 is 11.4. The van der Waals surface area contributed by atoms with Crippen LogP contribution in [0.25, 0.3) is 5.69 Å². The quantitative estimate of drug-likeness (QED) is 0.134. The molecule has 1 unspecified atom stereocenters. The molecule has 4 aromatic rings. The third kappa shape index (κ3) is 11.2. The van der Waals surface area contributed by atoms with Crippen LogP contribution in [0.1, 0.15) is 36.8 Å². The molecule has 0 radical (unpaired) electrons. The minimum Gasteiger partial charge on any atom is -0.453 e. The standard InChI is InChI=1S/C20H21N5O4.C7H6Cl2.C2H6.CH2O/c1-29-20(27)22-15-7-9-16(10-8-15)25-12-11-21-18(25)17(23-19(26)24-28)13-14-5-3-2-4-6-14;1-5-3-2-4-6(8)7(5)9;2*1-2/h2-12,17,28H,13H2,1H3,(H,22,27)(H2,23,24,26);2-4H,1H3;1-2H3;1H2. The van der Waals surface area contributed by atoms with Crippen molar-refractivity contribution < 1.29 is 24.3 Å². The topological polar surface area (TPSA) is 135 Å². The van der Waals surface area contributed by atoms with Gasteiger partial charge in [-0.3, -0.25) is 10.5 Å². The predicted octanol–water partition coefficient (Wildman–Crippen LogP) is 7.17. The highest BCUT2D eigenvalue weighted by molar-refractivity contribution is 6.42. The van der Waals surface area contributed by atoms with Gasteiger partial charge in [0.2, 0.25) is 0 Å². The molecule has 3 aromatic carbocycles. The van der Waals surface area contributed by atoms with Gasteiger partial charge in [-0.15, -0.1) is 0 Å². The zero-order valence-corrected chi connectivity index (χ0v) is 25.3. The molecule has 1 heterocycles. The van der Waals surface area contributed by atoms with Gasteiger partial charge >= 0.3 is 12.1 Å². The van der Waals surface area contributed by atoms with Crippen molar-refractivity contribution in [3.05, 3.63) is 112 Å². The number of aryl methyl sites for hydroxylation is 1. The van der Waals surface area contributed by atoms with E-state index in [1.807, 2.05) is 86.7 Å². The van der Waals surface area contributed by atoms with Gasteiger partial charge in [0.1, 0.15) is 12.6 Å². The van der Waals surface area contributed by atoms with E-state index in [4.69, 9.17) is 33.2 Å². The zero-order chi connectivity index (χ0) is 31.5. The Balaban J connectivity index is 0.000000569. The molecule has 4 rings (SSSR count). The number of methoxy groups -OCH3 is 1. The first-order chi connectivity index (χ1) is 20.3. The first-order valence-electron chi connectivity index (χ1n) is 12.7. The molecule has 224 valence electrons. The van der Waals surface area contributed by atoms with Gasteiger partial charge in [0.25, 0.3) is 0 Å². The molecule has 0 saturated heterocycles. The number of aromatic nitrogens is 2. The summed E-state index contributed by atoms with van der Waals surface area (Å²) in [6, 6.07) is 21.1. The van der Waals surface area contributed by atoms with Crippen molar-refractivity contribution in [2.75, 3.05) is 12.4 Å². The van der Waals surface area contributed by atoms with Gasteiger partial charge in [-0.25, -0.2) is 20.1 Å². The summed E-state index contributed by atoms with van der Waals surface area (Å²) < 4.78 is 6.41. The molecule has 0 aliphatic carbocycles. The number of hydrogen-bond donors (Lipinski definition) is 4. The SMILES string of the molecule is C=O.CC.COC(=O)Nc1ccc(-n2ccnc2C(Cc2ccccc2)NC(=O)NO)cc1.Cc1cccc(Cl)c1Cl. The van der Waals surface area contributed by atoms with E-state index in [0.717, 1.165) is 16.8 Å². The van der Waals surface area contributed by atoms with Crippen molar-refractivity contribution in [3.63, 3.8) is 0 Å². The summed E-state index contributed by atoms with van der Waals surface area (Å²) in [5, 5.41) is 15.5. The minimum atomic E-state index is -0.724. The van der Waals surface area contributed by atoms with E-state index in [9.17, 15) is 9.59 Å². The molecule has 4 N–H and O–H groups in total. The second-order valence-corrected chi connectivity index (χ2v) is 8.80.